The van der Waals surface area contributed by atoms with E-state index in [-0.39, 0.29) is 35.6 Å². The summed E-state index contributed by atoms with van der Waals surface area (Å²) in [7, 11) is 5.52. The van der Waals surface area contributed by atoms with Gasteiger partial charge in [-0.25, -0.2) is 13.8 Å². The number of amides is 1. The van der Waals surface area contributed by atoms with Crippen molar-refractivity contribution in [3.8, 4) is 23.0 Å². The maximum atomic E-state index is 15.4. The van der Waals surface area contributed by atoms with Gasteiger partial charge in [0.05, 0.1) is 33.2 Å². The van der Waals surface area contributed by atoms with Gasteiger partial charge in [-0.2, -0.15) is 32.1 Å². The fourth-order valence-electron chi connectivity index (χ4n) is 7.67. The third-order valence-electron chi connectivity index (χ3n) is 10.3. The molecule has 2 aromatic carbocycles. The first-order valence-electron chi connectivity index (χ1n) is 18.3. The van der Waals surface area contributed by atoms with E-state index in [4.69, 9.17) is 22.3 Å². The van der Waals surface area contributed by atoms with Gasteiger partial charge in [-0.05, 0) is 88.5 Å². The summed E-state index contributed by atoms with van der Waals surface area (Å²) < 4.78 is 104. The number of hydrogen-bond donors (Lipinski definition) is 3. The van der Waals surface area contributed by atoms with E-state index < -0.39 is 76.6 Å². The summed E-state index contributed by atoms with van der Waals surface area (Å²) in [6, 6.07) is 8.09. The molecule has 0 radical (unpaired) electrons. The third kappa shape index (κ3) is 7.97. The van der Waals surface area contributed by atoms with Gasteiger partial charge in [0, 0.05) is 48.8 Å². The summed E-state index contributed by atoms with van der Waals surface area (Å²) in [5, 5.41) is 14.6. The van der Waals surface area contributed by atoms with Gasteiger partial charge in [0.2, 0.25) is 5.91 Å². The van der Waals surface area contributed by atoms with Gasteiger partial charge in [0.1, 0.15) is 29.6 Å². The number of nitrogens with zero attached hydrogens (tertiary/aromatic N) is 6. The van der Waals surface area contributed by atoms with Crippen LogP contribution in [-0.2, 0) is 36.9 Å². The van der Waals surface area contributed by atoms with Crippen LogP contribution in [0.5, 0.6) is 0 Å². The molecule has 2 aliphatic rings. The molecule has 3 heterocycles. The molecule has 3 atom stereocenters. The molecule has 3 aromatic heterocycles. The Morgan fingerprint density at radius 3 is 2.45 bits per heavy atom. The highest BCUT2D eigenvalue weighted by atomic mass is 35.5. The minimum atomic E-state index is -5.04. The lowest BCUT2D eigenvalue weighted by atomic mass is 9.93. The Kier molecular flexibility index (Phi) is 10.5. The molecule has 1 saturated carbocycles. The molecule has 1 fully saturated rings. The highest BCUT2D eigenvalue weighted by molar-refractivity contribution is 6.37. The molecule has 0 unspecified atom stereocenters. The summed E-state index contributed by atoms with van der Waals surface area (Å²) in [4.78, 5) is 20.8. The minimum absolute atomic E-state index is 0.0789. The summed E-state index contributed by atoms with van der Waals surface area (Å²) in [5.74, 6) is -2.45. The first-order chi connectivity index (χ1) is 27.1. The van der Waals surface area contributed by atoms with E-state index in [1.54, 1.807) is 31.3 Å². The van der Waals surface area contributed by atoms with Gasteiger partial charge < -0.3 is 21.3 Å². The number of hydrogen-bond acceptors (Lipinski definition) is 7. The number of aromatic nitrogens is 5. The van der Waals surface area contributed by atoms with Crippen LogP contribution in [0.25, 0.3) is 22.0 Å². The number of anilines is 1. The van der Waals surface area contributed by atoms with Crippen molar-refractivity contribution in [1.29, 1.82) is 0 Å². The van der Waals surface area contributed by atoms with Crippen LogP contribution in [0.15, 0.2) is 42.5 Å². The second kappa shape index (κ2) is 14.9. The Morgan fingerprint density at radius 2 is 1.78 bits per heavy atom. The van der Waals surface area contributed by atoms with E-state index in [0.717, 1.165) is 18.7 Å². The van der Waals surface area contributed by atoms with Gasteiger partial charge in [-0.1, -0.05) is 23.6 Å². The number of halogens is 8. The predicted octanol–water partition coefficient (Wildman–Crippen LogP) is 6.95. The zero-order valence-electron chi connectivity index (χ0n) is 32.0. The van der Waals surface area contributed by atoms with E-state index in [2.05, 4.69) is 32.7 Å². The molecule has 0 bridgehead atoms. The fraction of sp³-hybridized carbons (Fsp3) is 0.400. The number of fused-ring (bicyclic) bond motifs is 4. The number of alkyl halides is 5. The standard InChI is InChI=1S/C40H39ClF7N9O/c1-38(2,50-12-13-55(3)4)11-10-23-6-7-24(25-8-9-28(41)32-34(25)56(5)54-37(32)49)33(51-23)29(16-20-14-21(42)17-22(43)15-20)52-30(58)19-57-36-31(35(53-57)40(46,47)48)26-18-27(26)39(36,44)45/h6-9,14-15,17,26-27,29,50H,12-13,16,18-19H2,1-5H3,(H2,49,54)(H,52,58)/t26-,27+,29-/m0/s1. The van der Waals surface area contributed by atoms with Crippen LogP contribution in [0.1, 0.15) is 66.1 Å². The number of benzene rings is 2. The number of rotatable bonds is 11. The van der Waals surface area contributed by atoms with Gasteiger partial charge in [-0.15, -0.1) is 0 Å². The van der Waals surface area contributed by atoms with Crippen LogP contribution in [0, 0.1) is 29.4 Å². The number of carbonyl (C=O) groups excluding carboxylic acids is 1. The number of nitrogens with one attached hydrogen (secondary N) is 2. The molecular formula is C40H39ClF7N9O. The number of carbonyl (C=O) groups is 1. The quantitative estimate of drug-likeness (QED) is 0.0975. The van der Waals surface area contributed by atoms with E-state index >= 15 is 8.78 Å². The molecule has 1 amide bonds. The molecule has 0 spiro atoms. The molecule has 18 heteroatoms. The monoisotopic (exact) mass is 829 g/mol. The first kappa shape index (κ1) is 41.0. The van der Waals surface area contributed by atoms with Gasteiger partial charge in [-0.3, -0.25) is 14.2 Å². The summed E-state index contributed by atoms with van der Waals surface area (Å²) in [6.07, 6.45) is -5.46. The number of likely N-dealkylation sites (N-methyl/N-ethyl adjacent to an activating group) is 1. The summed E-state index contributed by atoms with van der Waals surface area (Å²) in [6.45, 7) is 4.12. The van der Waals surface area contributed by atoms with Crippen molar-refractivity contribution in [2.24, 2.45) is 13.0 Å². The lowest BCUT2D eigenvalue weighted by Crippen LogP contribution is -2.41. The van der Waals surface area contributed by atoms with Crippen molar-refractivity contribution in [2.45, 2.75) is 62.8 Å². The zero-order chi connectivity index (χ0) is 42.1. The second-order valence-electron chi connectivity index (χ2n) is 15.5. The molecule has 10 nitrogen and oxygen atoms in total. The van der Waals surface area contributed by atoms with Crippen molar-refractivity contribution >= 4 is 34.2 Å². The smallest absolute Gasteiger partial charge is 0.382 e. The third-order valence-corrected chi connectivity index (χ3v) is 10.6. The van der Waals surface area contributed by atoms with E-state index in [9.17, 15) is 26.7 Å². The molecule has 4 N–H and O–H groups in total. The highest BCUT2D eigenvalue weighted by Gasteiger charge is 2.68. The largest absolute Gasteiger partial charge is 0.435 e. The zero-order valence-corrected chi connectivity index (χ0v) is 32.8. The molecule has 7 rings (SSSR count). The van der Waals surface area contributed by atoms with Crippen LogP contribution in [0.4, 0.5) is 36.6 Å². The van der Waals surface area contributed by atoms with Crippen molar-refractivity contribution in [2.75, 3.05) is 32.9 Å². The van der Waals surface area contributed by atoms with Crippen LogP contribution < -0.4 is 16.4 Å². The summed E-state index contributed by atoms with van der Waals surface area (Å²) in [5.41, 5.74) is 4.33. The SMILES string of the molecule is CN(C)CCNC(C)(C)C#Cc1ccc(-c2ccc(Cl)c3c(N)nn(C)c23)c([C@H](Cc2cc(F)cc(F)c2)NC(=O)Cn2nc(C(F)(F)F)c3c2C(F)(F)[C@@H]2C[C@H]32)n1. The number of nitrogen functional groups attached to an aromatic ring is 1. The average molecular weight is 830 g/mol. The van der Waals surface area contributed by atoms with E-state index in [0.29, 0.717) is 44.3 Å². The molecular weight excluding hydrogens is 791 g/mol. The Morgan fingerprint density at radius 1 is 1.09 bits per heavy atom. The van der Waals surface area contributed by atoms with E-state index in [1.165, 1.54) is 4.68 Å². The fourth-order valence-corrected chi connectivity index (χ4v) is 7.92. The van der Waals surface area contributed by atoms with Crippen molar-refractivity contribution < 1.29 is 35.5 Å². The molecule has 5 aromatic rings. The van der Waals surface area contributed by atoms with Crippen molar-refractivity contribution in [1.82, 2.24) is 40.1 Å². The molecule has 2 aliphatic carbocycles. The number of pyridine rings is 1. The topological polar surface area (TPSA) is 119 Å². The highest BCUT2D eigenvalue weighted by Crippen LogP contribution is 2.68. The second-order valence-corrected chi connectivity index (χ2v) is 15.9. The average Bonchev–Trinajstić information content (AvgIpc) is 3.66. The lowest BCUT2D eigenvalue weighted by molar-refractivity contribution is -0.142. The molecule has 0 saturated heterocycles. The Balaban J connectivity index is 1.35. The van der Waals surface area contributed by atoms with Crippen LogP contribution in [0.2, 0.25) is 5.02 Å². The summed E-state index contributed by atoms with van der Waals surface area (Å²) >= 11 is 6.55. The number of aryl methyl sites for hydroxylation is 1. The van der Waals surface area contributed by atoms with Gasteiger partial charge in [0.15, 0.2) is 11.5 Å². The molecule has 0 aliphatic heterocycles. The van der Waals surface area contributed by atoms with Crippen LogP contribution >= 0.6 is 11.6 Å². The lowest BCUT2D eigenvalue weighted by Gasteiger charge is -2.23. The Labute approximate surface area is 333 Å². The number of nitrogens with two attached hydrogens (primary N) is 1. The predicted molar refractivity (Wildman–Crippen MR) is 204 cm³/mol. The maximum absolute atomic E-state index is 15.4. The Bertz CT molecular complexity index is 2480. The van der Waals surface area contributed by atoms with Crippen molar-refractivity contribution in [3.63, 3.8) is 0 Å². The first-order valence-corrected chi connectivity index (χ1v) is 18.7. The molecule has 306 valence electrons. The normalized spacial score (nSPS) is 17.6. The van der Waals surface area contributed by atoms with Gasteiger partial charge in [0.25, 0.3) is 5.92 Å². The van der Waals surface area contributed by atoms with Crippen LogP contribution in [-0.4, -0.2) is 68.1 Å². The maximum Gasteiger partial charge on any atom is 0.435 e. The van der Waals surface area contributed by atoms with Crippen molar-refractivity contribution in [3.05, 3.63) is 93.0 Å². The van der Waals surface area contributed by atoms with Crippen LogP contribution in [0.3, 0.4) is 0 Å². The molecule has 58 heavy (non-hydrogen) atoms. The minimum Gasteiger partial charge on any atom is -0.382 e. The van der Waals surface area contributed by atoms with Gasteiger partial charge >= 0.3 is 6.18 Å². The van der Waals surface area contributed by atoms with E-state index in [1.807, 2.05) is 32.8 Å². The Hall–Kier alpha value is -5.18.